The van der Waals surface area contributed by atoms with Gasteiger partial charge in [0, 0.05) is 44.1 Å². The van der Waals surface area contributed by atoms with Crippen molar-refractivity contribution in [1.29, 1.82) is 0 Å². The maximum absolute atomic E-state index is 13.0. The molecule has 2 heterocycles. The van der Waals surface area contributed by atoms with E-state index in [2.05, 4.69) is 22.4 Å². The molecule has 1 aliphatic heterocycles. The lowest BCUT2D eigenvalue weighted by atomic mass is 9.96. The van der Waals surface area contributed by atoms with Crippen LogP contribution >= 0.6 is 0 Å². The lowest BCUT2D eigenvalue weighted by Crippen LogP contribution is -2.45. The van der Waals surface area contributed by atoms with Crippen molar-refractivity contribution >= 4 is 11.8 Å². The summed E-state index contributed by atoms with van der Waals surface area (Å²) in [5.41, 5.74) is 5.11. The fraction of sp³-hybridized carbons (Fsp3) is 0.346. The monoisotopic (exact) mass is 430 g/mol. The summed E-state index contributed by atoms with van der Waals surface area (Å²) in [5, 5.41) is 3.10. The van der Waals surface area contributed by atoms with E-state index in [4.69, 9.17) is 0 Å². The number of benzene rings is 2. The molecular weight excluding hydrogens is 400 g/mol. The molecule has 1 atom stereocenters. The molecule has 0 radical (unpaired) electrons. The third-order valence-electron chi connectivity index (χ3n) is 6.03. The summed E-state index contributed by atoms with van der Waals surface area (Å²) >= 11 is 0. The van der Waals surface area contributed by atoms with Crippen LogP contribution in [0.2, 0.25) is 0 Å². The second-order valence-electron chi connectivity index (χ2n) is 8.69. The highest BCUT2D eigenvalue weighted by Gasteiger charge is 2.29. The molecule has 0 spiro atoms. The minimum atomic E-state index is -0.181. The lowest BCUT2D eigenvalue weighted by Gasteiger charge is -2.32. The van der Waals surface area contributed by atoms with E-state index in [1.54, 1.807) is 12.5 Å². The first kappa shape index (κ1) is 21.8. The van der Waals surface area contributed by atoms with Gasteiger partial charge in [-0.25, -0.2) is 4.98 Å². The predicted molar refractivity (Wildman–Crippen MR) is 124 cm³/mol. The molecular formula is C26H30N4O2. The summed E-state index contributed by atoms with van der Waals surface area (Å²) in [6.07, 6.45) is 7.13. The van der Waals surface area contributed by atoms with Crippen molar-refractivity contribution in [2.45, 2.75) is 39.8 Å². The number of carbonyl (C=O) groups excluding carboxylic acids is 2. The molecule has 2 amide bonds. The van der Waals surface area contributed by atoms with Crippen LogP contribution in [0.3, 0.4) is 0 Å². The highest BCUT2D eigenvalue weighted by molar-refractivity contribution is 5.95. The number of aromatic nitrogens is 2. The number of amides is 2. The molecule has 4 rings (SSSR count). The first-order valence-corrected chi connectivity index (χ1v) is 11.2. The van der Waals surface area contributed by atoms with Crippen LogP contribution in [0.15, 0.2) is 61.2 Å². The molecule has 32 heavy (non-hydrogen) atoms. The molecule has 2 aromatic carbocycles. The second-order valence-corrected chi connectivity index (χ2v) is 8.69. The van der Waals surface area contributed by atoms with Crippen LogP contribution in [0.5, 0.6) is 0 Å². The van der Waals surface area contributed by atoms with Crippen molar-refractivity contribution in [3.63, 3.8) is 0 Å². The van der Waals surface area contributed by atoms with Crippen molar-refractivity contribution in [2.75, 3.05) is 13.1 Å². The van der Waals surface area contributed by atoms with Gasteiger partial charge in [-0.15, -0.1) is 0 Å². The molecule has 0 saturated carbocycles. The Balaban J connectivity index is 1.37. The highest BCUT2D eigenvalue weighted by atomic mass is 16.2. The van der Waals surface area contributed by atoms with E-state index < -0.39 is 0 Å². The number of likely N-dealkylation sites (tertiary alicyclic amines) is 1. The van der Waals surface area contributed by atoms with Crippen LogP contribution in [-0.4, -0.2) is 39.4 Å². The standard InChI is InChI=1S/C26H30N4O2/c1-19-12-20(2)14-24(13-19)26(32)30-10-5-8-23(17-30)25(31)28-15-21-6-3-4-7-22(21)16-29-11-9-27-18-29/h3-4,6-7,9,11-14,18,23H,5,8,10,15-17H2,1-2H3,(H,28,31). The molecule has 1 unspecified atom stereocenters. The van der Waals surface area contributed by atoms with Crippen molar-refractivity contribution in [2.24, 2.45) is 5.92 Å². The van der Waals surface area contributed by atoms with Crippen molar-refractivity contribution in [3.8, 4) is 0 Å². The first-order valence-electron chi connectivity index (χ1n) is 11.2. The Bertz CT molecular complexity index is 1070. The topological polar surface area (TPSA) is 67.2 Å². The zero-order valence-corrected chi connectivity index (χ0v) is 18.8. The van der Waals surface area contributed by atoms with Gasteiger partial charge in [0.15, 0.2) is 0 Å². The number of carbonyl (C=O) groups is 2. The Hall–Kier alpha value is -3.41. The van der Waals surface area contributed by atoms with Gasteiger partial charge in [-0.1, -0.05) is 41.5 Å². The number of nitrogens with zero attached hydrogens (tertiary/aromatic N) is 3. The van der Waals surface area contributed by atoms with Gasteiger partial charge in [-0.2, -0.15) is 0 Å². The summed E-state index contributed by atoms with van der Waals surface area (Å²) < 4.78 is 2.01. The average Bonchev–Trinajstić information content (AvgIpc) is 3.30. The molecule has 166 valence electrons. The van der Waals surface area contributed by atoms with E-state index in [9.17, 15) is 9.59 Å². The Morgan fingerprint density at radius 3 is 2.56 bits per heavy atom. The predicted octanol–water partition coefficient (Wildman–Crippen LogP) is 3.72. The molecule has 3 aromatic rings. The molecule has 1 N–H and O–H groups in total. The number of aryl methyl sites for hydroxylation is 2. The molecule has 1 aliphatic rings. The van der Waals surface area contributed by atoms with Crippen LogP contribution in [0.25, 0.3) is 0 Å². The van der Waals surface area contributed by atoms with Gasteiger partial charge < -0.3 is 14.8 Å². The van der Waals surface area contributed by atoms with Crippen molar-refractivity contribution in [3.05, 3.63) is 89.0 Å². The van der Waals surface area contributed by atoms with Crippen LogP contribution in [0.1, 0.15) is 45.5 Å². The van der Waals surface area contributed by atoms with E-state index in [1.807, 2.05) is 59.8 Å². The third kappa shape index (κ3) is 5.25. The van der Waals surface area contributed by atoms with Gasteiger partial charge >= 0.3 is 0 Å². The summed E-state index contributed by atoms with van der Waals surface area (Å²) in [6, 6.07) is 14.0. The fourth-order valence-electron chi connectivity index (χ4n) is 4.44. The minimum absolute atomic E-state index is 0.0139. The Labute approximate surface area is 189 Å². The average molecular weight is 431 g/mol. The maximum atomic E-state index is 13.0. The summed E-state index contributed by atoms with van der Waals surface area (Å²) in [5.74, 6) is -0.153. The van der Waals surface area contributed by atoms with Crippen LogP contribution < -0.4 is 5.32 Å². The summed E-state index contributed by atoms with van der Waals surface area (Å²) in [7, 11) is 0. The lowest BCUT2D eigenvalue weighted by molar-refractivity contribution is -0.126. The smallest absolute Gasteiger partial charge is 0.253 e. The number of imidazole rings is 1. The zero-order valence-electron chi connectivity index (χ0n) is 18.8. The highest BCUT2D eigenvalue weighted by Crippen LogP contribution is 2.20. The van der Waals surface area contributed by atoms with E-state index in [0.717, 1.165) is 35.1 Å². The van der Waals surface area contributed by atoms with Crippen molar-refractivity contribution < 1.29 is 9.59 Å². The maximum Gasteiger partial charge on any atom is 0.253 e. The molecule has 0 bridgehead atoms. The molecule has 1 aromatic heterocycles. The summed E-state index contributed by atoms with van der Waals surface area (Å²) in [4.78, 5) is 31.9. The van der Waals surface area contributed by atoms with Gasteiger partial charge in [-0.05, 0) is 49.9 Å². The number of hydrogen-bond donors (Lipinski definition) is 1. The van der Waals surface area contributed by atoms with E-state index in [-0.39, 0.29) is 17.7 Å². The van der Waals surface area contributed by atoms with Crippen LogP contribution in [0, 0.1) is 19.8 Å². The molecule has 0 aliphatic carbocycles. The van der Waals surface area contributed by atoms with Crippen molar-refractivity contribution in [1.82, 2.24) is 19.8 Å². The van der Waals surface area contributed by atoms with Gasteiger partial charge in [-0.3, -0.25) is 9.59 Å². The minimum Gasteiger partial charge on any atom is -0.352 e. The van der Waals surface area contributed by atoms with E-state index >= 15 is 0 Å². The molecule has 1 saturated heterocycles. The summed E-state index contributed by atoms with van der Waals surface area (Å²) in [6.45, 7) is 6.36. The van der Waals surface area contributed by atoms with Gasteiger partial charge in [0.05, 0.1) is 12.2 Å². The molecule has 1 fully saturated rings. The number of rotatable bonds is 6. The van der Waals surface area contributed by atoms with E-state index in [0.29, 0.717) is 31.7 Å². The SMILES string of the molecule is Cc1cc(C)cc(C(=O)N2CCCC(C(=O)NCc3ccccc3Cn3ccnc3)C2)c1. The number of nitrogens with one attached hydrogen (secondary N) is 1. The molecule has 6 nitrogen and oxygen atoms in total. The molecule has 6 heteroatoms. The second kappa shape index (κ2) is 9.81. The van der Waals surface area contributed by atoms with E-state index in [1.165, 1.54) is 0 Å². The van der Waals surface area contributed by atoms with Gasteiger partial charge in [0.2, 0.25) is 5.91 Å². The fourth-order valence-corrected chi connectivity index (χ4v) is 4.44. The third-order valence-corrected chi connectivity index (χ3v) is 6.03. The van der Waals surface area contributed by atoms with Gasteiger partial charge in [0.25, 0.3) is 5.91 Å². The quantitative estimate of drug-likeness (QED) is 0.648. The number of hydrogen-bond acceptors (Lipinski definition) is 3. The van der Waals surface area contributed by atoms with Crippen LogP contribution in [0.4, 0.5) is 0 Å². The Morgan fingerprint density at radius 2 is 1.84 bits per heavy atom. The Kier molecular flexibility index (Phi) is 6.69. The zero-order chi connectivity index (χ0) is 22.5. The Morgan fingerprint density at radius 1 is 1.09 bits per heavy atom. The van der Waals surface area contributed by atoms with Gasteiger partial charge in [0.1, 0.15) is 0 Å². The largest absolute Gasteiger partial charge is 0.352 e. The number of piperidine rings is 1. The van der Waals surface area contributed by atoms with Crippen LogP contribution in [-0.2, 0) is 17.9 Å². The normalized spacial score (nSPS) is 16.1. The first-order chi connectivity index (χ1) is 15.5.